The van der Waals surface area contributed by atoms with Crippen LogP contribution in [0.2, 0.25) is 0 Å². The predicted octanol–water partition coefficient (Wildman–Crippen LogP) is 2.15. The standard InChI is InChI=1S/C8H14F6N2/c1-5(2)16(4-7(9,10)11)6(3-15)8(12,13)14/h5-6H,3-4,15H2,1-2H3. The Bertz CT molecular complexity index is 210. The van der Waals surface area contributed by atoms with E-state index in [2.05, 4.69) is 0 Å². The minimum atomic E-state index is -4.76. The highest BCUT2D eigenvalue weighted by Gasteiger charge is 2.46. The second-order valence-electron chi connectivity index (χ2n) is 3.67. The first-order valence-corrected chi connectivity index (χ1v) is 4.58. The van der Waals surface area contributed by atoms with Crippen molar-refractivity contribution in [2.75, 3.05) is 13.1 Å². The summed E-state index contributed by atoms with van der Waals surface area (Å²) in [5.41, 5.74) is 4.89. The molecule has 0 aliphatic heterocycles. The summed E-state index contributed by atoms with van der Waals surface area (Å²) in [6.07, 6.45) is -9.44. The fraction of sp³-hybridized carbons (Fsp3) is 1.00. The van der Waals surface area contributed by atoms with E-state index in [0.717, 1.165) is 0 Å². The molecule has 0 rings (SSSR count). The monoisotopic (exact) mass is 252 g/mol. The van der Waals surface area contributed by atoms with Crippen molar-refractivity contribution in [3.05, 3.63) is 0 Å². The molecule has 2 nitrogen and oxygen atoms in total. The molecule has 0 heterocycles. The van der Waals surface area contributed by atoms with E-state index in [9.17, 15) is 26.3 Å². The van der Waals surface area contributed by atoms with Gasteiger partial charge in [0.05, 0.1) is 6.54 Å². The molecule has 0 aromatic carbocycles. The van der Waals surface area contributed by atoms with Crippen LogP contribution >= 0.6 is 0 Å². The fourth-order valence-corrected chi connectivity index (χ4v) is 1.32. The Kier molecular flexibility index (Phi) is 5.06. The molecule has 0 aromatic heterocycles. The Balaban J connectivity index is 4.89. The van der Waals surface area contributed by atoms with Gasteiger partial charge in [0.25, 0.3) is 0 Å². The summed E-state index contributed by atoms with van der Waals surface area (Å²) in [5.74, 6) is 0. The lowest BCUT2D eigenvalue weighted by Gasteiger charge is -2.35. The van der Waals surface area contributed by atoms with Gasteiger partial charge in [0.2, 0.25) is 0 Å². The molecule has 8 heteroatoms. The van der Waals surface area contributed by atoms with E-state index < -0.39 is 37.5 Å². The zero-order valence-corrected chi connectivity index (χ0v) is 8.86. The molecule has 2 N–H and O–H groups in total. The zero-order valence-electron chi connectivity index (χ0n) is 8.86. The van der Waals surface area contributed by atoms with E-state index in [1.54, 1.807) is 0 Å². The van der Waals surface area contributed by atoms with Crippen molar-refractivity contribution in [3.63, 3.8) is 0 Å². The van der Waals surface area contributed by atoms with Gasteiger partial charge in [0.15, 0.2) is 0 Å². The van der Waals surface area contributed by atoms with Crippen molar-refractivity contribution in [1.82, 2.24) is 4.90 Å². The van der Waals surface area contributed by atoms with Crippen LogP contribution in [0.1, 0.15) is 13.8 Å². The zero-order chi connectivity index (χ0) is 13.1. The van der Waals surface area contributed by atoms with Crippen LogP contribution in [0, 0.1) is 0 Å². The van der Waals surface area contributed by atoms with Gasteiger partial charge in [0.1, 0.15) is 6.04 Å². The van der Waals surface area contributed by atoms with Crippen LogP contribution in [0.4, 0.5) is 26.3 Å². The highest BCUT2D eigenvalue weighted by Crippen LogP contribution is 2.28. The van der Waals surface area contributed by atoms with Gasteiger partial charge in [-0.1, -0.05) is 0 Å². The van der Waals surface area contributed by atoms with E-state index in [-0.39, 0.29) is 0 Å². The van der Waals surface area contributed by atoms with Gasteiger partial charge in [-0.25, -0.2) is 0 Å². The topological polar surface area (TPSA) is 29.3 Å². The molecule has 1 atom stereocenters. The predicted molar refractivity (Wildman–Crippen MR) is 46.8 cm³/mol. The second kappa shape index (κ2) is 5.22. The number of halogens is 6. The third-order valence-electron chi connectivity index (χ3n) is 2.03. The van der Waals surface area contributed by atoms with Crippen LogP contribution in [0.15, 0.2) is 0 Å². The minimum absolute atomic E-state index is 0.306. The van der Waals surface area contributed by atoms with Gasteiger partial charge in [-0.05, 0) is 13.8 Å². The summed E-state index contributed by atoms with van der Waals surface area (Å²) in [7, 11) is 0. The molecule has 0 aliphatic carbocycles. The Hall–Kier alpha value is -0.500. The van der Waals surface area contributed by atoms with Gasteiger partial charge in [-0.3, -0.25) is 4.90 Å². The molecule has 98 valence electrons. The summed E-state index contributed by atoms with van der Waals surface area (Å²) in [5, 5.41) is 0. The molecule has 0 aliphatic rings. The Morgan fingerprint density at radius 3 is 1.69 bits per heavy atom. The first kappa shape index (κ1) is 15.5. The molecular formula is C8H14F6N2. The van der Waals surface area contributed by atoms with Crippen LogP contribution in [0.3, 0.4) is 0 Å². The van der Waals surface area contributed by atoms with E-state index >= 15 is 0 Å². The molecule has 0 spiro atoms. The lowest BCUT2D eigenvalue weighted by molar-refractivity contribution is -0.212. The fourth-order valence-electron chi connectivity index (χ4n) is 1.32. The molecule has 16 heavy (non-hydrogen) atoms. The third kappa shape index (κ3) is 5.02. The largest absolute Gasteiger partial charge is 0.405 e. The van der Waals surface area contributed by atoms with E-state index in [1.807, 2.05) is 0 Å². The summed E-state index contributed by atoms with van der Waals surface area (Å²) < 4.78 is 73.6. The van der Waals surface area contributed by atoms with E-state index in [1.165, 1.54) is 13.8 Å². The number of alkyl halides is 6. The average Bonchev–Trinajstić information content (AvgIpc) is 1.98. The normalized spacial score (nSPS) is 15.9. The molecule has 0 amide bonds. The number of hydrogen-bond donors (Lipinski definition) is 1. The second-order valence-corrected chi connectivity index (χ2v) is 3.67. The molecular weight excluding hydrogens is 238 g/mol. The van der Waals surface area contributed by atoms with Crippen molar-refractivity contribution in [1.29, 1.82) is 0 Å². The maximum atomic E-state index is 12.4. The molecule has 0 saturated carbocycles. The number of rotatable bonds is 4. The van der Waals surface area contributed by atoms with Gasteiger partial charge in [0, 0.05) is 12.6 Å². The highest BCUT2D eigenvalue weighted by atomic mass is 19.4. The molecule has 0 aromatic rings. The van der Waals surface area contributed by atoms with Crippen molar-refractivity contribution in [2.24, 2.45) is 5.73 Å². The van der Waals surface area contributed by atoms with Crippen LogP contribution in [-0.2, 0) is 0 Å². The SMILES string of the molecule is CC(C)N(CC(F)(F)F)C(CN)C(F)(F)F. The lowest BCUT2D eigenvalue weighted by Crippen LogP contribution is -2.55. The maximum Gasteiger partial charge on any atom is 0.405 e. The summed E-state index contributed by atoms with van der Waals surface area (Å²) >= 11 is 0. The number of hydrogen-bond acceptors (Lipinski definition) is 2. The van der Waals surface area contributed by atoms with Crippen molar-refractivity contribution in [3.8, 4) is 0 Å². The molecule has 0 radical (unpaired) electrons. The average molecular weight is 252 g/mol. The van der Waals surface area contributed by atoms with E-state index in [4.69, 9.17) is 5.73 Å². The maximum absolute atomic E-state index is 12.4. The Labute approximate surface area is 89.4 Å². The third-order valence-corrected chi connectivity index (χ3v) is 2.03. The van der Waals surface area contributed by atoms with Crippen LogP contribution in [0.25, 0.3) is 0 Å². The van der Waals surface area contributed by atoms with Gasteiger partial charge in [-0.2, -0.15) is 26.3 Å². The summed E-state index contributed by atoms with van der Waals surface area (Å²) in [4.78, 5) is 0.306. The summed E-state index contributed by atoms with van der Waals surface area (Å²) in [6.45, 7) is 0.0179. The molecule has 0 bridgehead atoms. The van der Waals surface area contributed by atoms with Gasteiger partial charge >= 0.3 is 12.4 Å². The minimum Gasteiger partial charge on any atom is -0.329 e. The Morgan fingerprint density at radius 2 is 1.50 bits per heavy atom. The molecule has 0 saturated heterocycles. The first-order valence-electron chi connectivity index (χ1n) is 4.58. The smallest absolute Gasteiger partial charge is 0.329 e. The summed E-state index contributed by atoms with van der Waals surface area (Å²) in [6, 6.07) is -3.16. The Morgan fingerprint density at radius 1 is 1.06 bits per heavy atom. The lowest BCUT2D eigenvalue weighted by atomic mass is 10.2. The van der Waals surface area contributed by atoms with Crippen molar-refractivity contribution < 1.29 is 26.3 Å². The number of nitrogens with two attached hydrogens (primary N) is 1. The van der Waals surface area contributed by atoms with Crippen LogP contribution in [-0.4, -0.2) is 42.4 Å². The quantitative estimate of drug-likeness (QED) is 0.777. The highest BCUT2D eigenvalue weighted by molar-refractivity contribution is 4.83. The van der Waals surface area contributed by atoms with Crippen molar-refractivity contribution in [2.45, 2.75) is 38.3 Å². The van der Waals surface area contributed by atoms with Gasteiger partial charge in [-0.15, -0.1) is 0 Å². The molecule has 0 fully saturated rings. The van der Waals surface area contributed by atoms with Crippen LogP contribution < -0.4 is 5.73 Å². The van der Waals surface area contributed by atoms with Crippen molar-refractivity contribution >= 4 is 0 Å². The van der Waals surface area contributed by atoms with E-state index in [0.29, 0.717) is 4.90 Å². The first-order chi connectivity index (χ1) is 6.99. The van der Waals surface area contributed by atoms with Gasteiger partial charge < -0.3 is 5.73 Å². The molecule has 1 unspecified atom stereocenters. The number of nitrogens with zero attached hydrogens (tertiary/aromatic N) is 1. The van der Waals surface area contributed by atoms with Crippen LogP contribution in [0.5, 0.6) is 0 Å².